The third kappa shape index (κ3) is 5.77. The molecule has 0 radical (unpaired) electrons. The Labute approximate surface area is 134 Å². The minimum Gasteiger partial charge on any atom is -0.374 e. The number of ether oxygens (including phenoxy) is 1. The van der Waals surface area contributed by atoms with Gasteiger partial charge < -0.3 is 15.4 Å². The molecule has 0 aromatic heterocycles. The highest BCUT2D eigenvalue weighted by atomic mass is 32.2. The maximum atomic E-state index is 12.0. The molecule has 1 aromatic carbocycles. The Kier molecular flexibility index (Phi) is 5.97. The number of urea groups is 1. The first-order valence-electron chi connectivity index (χ1n) is 7.50. The van der Waals surface area contributed by atoms with Gasteiger partial charge in [-0.25, -0.2) is 4.79 Å². The number of carbonyl (C=O) groups is 1. The summed E-state index contributed by atoms with van der Waals surface area (Å²) in [6.07, 6.45) is 0.783. The number of nitrogens with one attached hydrogen (secondary N) is 2. The van der Waals surface area contributed by atoms with E-state index in [1.165, 1.54) is 0 Å². The summed E-state index contributed by atoms with van der Waals surface area (Å²) >= 11 is 0. The van der Waals surface area contributed by atoms with Gasteiger partial charge in [-0.05, 0) is 25.8 Å². The molecular formula is C16H24N2O3S. The van der Waals surface area contributed by atoms with Crippen LogP contribution in [-0.4, -0.2) is 39.9 Å². The Bertz CT molecular complexity index is 519. The minimum absolute atomic E-state index is 0.0156. The lowest BCUT2D eigenvalue weighted by Crippen LogP contribution is -2.53. The predicted octanol–water partition coefficient (Wildman–Crippen LogP) is 1.80. The highest BCUT2D eigenvalue weighted by molar-refractivity contribution is 7.85. The molecule has 122 valence electrons. The molecule has 2 atom stereocenters. The lowest BCUT2D eigenvalue weighted by atomic mass is 10.1. The van der Waals surface area contributed by atoms with E-state index in [0.717, 1.165) is 12.0 Å². The molecule has 1 saturated heterocycles. The molecule has 22 heavy (non-hydrogen) atoms. The Morgan fingerprint density at radius 1 is 1.36 bits per heavy atom. The number of rotatable bonds is 6. The van der Waals surface area contributed by atoms with E-state index < -0.39 is 16.3 Å². The van der Waals surface area contributed by atoms with E-state index >= 15 is 0 Å². The average Bonchev–Trinajstić information content (AvgIpc) is 2.84. The van der Waals surface area contributed by atoms with Gasteiger partial charge in [0.05, 0.1) is 18.8 Å². The summed E-state index contributed by atoms with van der Waals surface area (Å²) in [7, 11) is -0.786. The zero-order valence-electron chi connectivity index (χ0n) is 13.1. The van der Waals surface area contributed by atoms with Gasteiger partial charge in [0, 0.05) is 28.3 Å². The minimum atomic E-state index is -0.786. The summed E-state index contributed by atoms with van der Waals surface area (Å²) in [6.45, 7) is 4.79. The number of benzene rings is 1. The summed E-state index contributed by atoms with van der Waals surface area (Å²) in [4.78, 5) is 12.0. The molecule has 0 spiro atoms. The molecule has 2 amide bonds. The molecule has 1 heterocycles. The monoisotopic (exact) mass is 324 g/mol. The number of amides is 2. The molecule has 2 N–H and O–H groups in total. The molecule has 0 aliphatic carbocycles. The van der Waals surface area contributed by atoms with Crippen LogP contribution in [0.5, 0.6) is 0 Å². The van der Waals surface area contributed by atoms with E-state index in [4.69, 9.17) is 4.74 Å². The zero-order chi connectivity index (χ0) is 16.0. The van der Waals surface area contributed by atoms with Crippen LogP contribution in [0.3, 0.4) is 0 Å². The van der Waals surface area contributed by atoms with Gasteiger partial charge in [0.25, 0.3) is 0 Å². The third-order valence-corrected chi connectivity index (χ3v) is 4.91. The Morgan fingerprint density at radius 2 is 2.09 bits per heavy atom. The lowest BCUT2D eigenvalue weighted by molar-refractivity contribution is 0.0742. The molecule has 5 nitrogen and oxygen atoms in total. The van der Waals surface area contributed by atoms with Crippen molar-refractivity contribution in [2.75, 3.05) is 18.1 Å². The van der Waals surface area contributed by atoms with Gasteiger partial charge >= 0.3 is 6.03 Å². The van der Waals surface area contributed by atoms with Gasteiger partial charge in [0.15, 0.2) is 0 Å². The second-order valence-corrected chi connectivity index (χ2v) is 7.88. The summed E-state index contributed by atoms with van der Waals surface area (Å²) in [5, 5.41) is 5.79. The van der Waals surface area contributed by atoms with E-state index in [0.29, 0.717) is 24.7 Å². The normalized spacial score (nSPS) is 21.5. The quantitative estimate of drug-likeness (QED) is 0.838. The number of hydrogen-bond donors (Lipinski definition) is 2. The summed E-state index contributed by atoms with van der Waals surface area (Å²) in [5.74, 6) is 1.23. The van der Waals surface area contributed by atoms with Gasteiger partial charge in [-0.1, -0.05) is 30.3 Å². The van der Waals surface area contributed by atoms with Crippen molar-refractivity contribution in [3.8, 4) is 0 Å². The Balaban J connectivity index is 1.70. The van der Waals surface area contributed by atoms with Crippen molar-refractivity contribution in [1.82, 2.24) is 10.6 Å². The topological polar surface area (TPSA) is 67.4 Å². The fourth-order valence-electron chi connectivity index (χ4n) is 2.34. The summed E-state index contributed by atoms with van der Waals surface area (Å²) in [6, 6.07) is 9.72. The molecule has 1 fully saturated rings. The second-order valence-electron chi connectivity index (χ2n) is 6.26. The molecule has 0 unspecified atom stereocenters. The van der Waals surface area contributed by atoms with Crippen molar-refractivity contribution in [2.45, 2.75) is 38.5 Å². The van der Waals surface area contributed by atoms with Crippen LogP contribution < -0.4 is 10.6 Å². The zero-order valence-corrected chi connectivity index (χ0v) is 13.9. The lowest BCUT2D eigenvalue weighted by Gasteiger charge is -2.27. The van der Waals surface area contributed by atoms with Crippen LogP contribution in [-0.2, 0) is 22.1 Å². The van der Waals surface area contributed by atoms with E-state index in [1.807, 2.05) is 44.2 Å². The van der Waals surface area contributed by atoms with Crippen LogP contribution in [0.25, 0.3) is 0 Å². The maximum absolute atomic E-state index is 12.0. The van der Waals surface area contributed by atoms with E-state index in [9.17, 15) is 9.00 Å². The predicted molar refractivity (Wildman–Crippen MR) is 88.1 cm³/mol. The van der Waals surface area contributed by atoms with E-state index in [1.54, 1.807) is 0 Å². The van der Waals surface area contributed by atoms with Gasteiger partial charge in [-0.3, -0.25) is 4.21 Å². The molecule has 0 saturated carbocycles. The molecule has 1 aliphatic heterocycles. The molecule has 1 aromatic rings. The number of hydrogen-bond acceptors (Lipinski definition) is 3. The van der Waals surface area contributed by atoms with Crippen LogP contribution in [0.1, 0.15) is 25.8 Å². The fourth-order valence-corrected chi connectivity index (χ4v) is 3.75. The third-order valence-electron chi connectivity index (χ3n) is 3.44. The van der Waals surface area contributed by atoms with Gasteiger partial charge in [0.1, 0.15) is 0 Å². The summed E-state index contributed by atoms with van der Waals surface area (Å²) in [5.41, 5.74) is 0.646. The van der Waals surface area contributed by atoms with E-state index in [-0.39, 0.29) is 12.1 Å². The first-order valence-corrected chi connectivity index (χ1v) is 8.99. The Morgan fingerprint density at radius 3 is 2.73 bits per heavy atom. The van der Waals surface area contributed by atoms with Crippen LogP contribution in [0.15, 0.2) is 30.3 Å². The van der Waals surface area contributed by atoms with Crippen molar-refractivity contribution in [3.63, 3.8) is 0 Å². The van der Waals surface area contributed by atoms with Gasteiger partial charge in [0.2, 0.25) is 0 Å². The van der Waals surface area contributed by atoms with Crippen molar-refractivity contribution < 1.29 is 13.7 Å². The standard InChI is InChI=1S/C16H24N2O3S/c1-16(2,12-21-10-13-6-4-3-5-7-13)18-15(19)17-14-8-9-22(20)11-14/h3-7,14H,8-12H2,1-2H3,(H2,17,18,19)/t14-,22-/m1/s1. The molecule has 0 bridgehead atoms. The maximum Gasteiger partial charge on any atom is 0.315 e. The fraction of sp³-hybridized carbons (Fsp3) is 0.562. The van der Waals surface area contributed by atoms with Crippen molar-refractivity contribution in [3.05, 3.63) is 35.9 Å². The first-order chi connectivity index (χ1) is 10.4. The van der Waals surface area contributed by atoms with Crippen LogP contribution >= 0.6 is 0 Å². The van der Waals surface area contributed by atoms with Crippen molar-refractivity contribution in [1.29, 1.82) is 0 Å². The van der Waals surface area contributed by atoms with Crippen LogP contribution in [0.2, 0.25) is 0 Å². The molecule has 6 heteroatoms. The van der Waals surface area contributed by atoms with E-state index in [2.05, 4.69) is 10.6 Å². The first kappa shape index (κ1) is 17.0. The van der Waals surface area contributed by atoms with Crippen molar-refractivity contribution >= 4 is 16.8 Å². The number of carbonyl (C=O) groups excluding carboxylic acids is 1. The average molecular weight is 324 g/mol. The second kappa shape index (κ2) is 7.74. The highest BCUT2D eigenvalue weighted by Crippen LogP contribution is 2.09. The van der Waals surface area contributed by atoms with Gasteiger partial charge in [-0.2, -0.15) is 0 Å². The highest BCUT2D eigenvalue weighted by Gasteiger charge is 2.25. The van der Waals surface area contributed by atoms with Crippen LogP contribution in [0.4, 0.5) is 4.79 Å². The SMILES string of the molecule is CC(C)(COCc1ccccc1)NC(=O)N[C@@H]1CC[S@@](=O)C1. The Hall–Kier alpha value is -1.40. The summed E-state index contributed by atoms with van der Waals surface area (Å²) < 4.78 is 17.0. The molecular weight excluding hydrogens is 300 g/mol. The molecule has 2 rings (SSSR count). The molecule has 1 aliphatic rings. The van der Waals surface area contributed by atoms with Crippen LogP contribution in [0, 0.1) is 0 Å². The van der Waals surface area contributed by atoms with Gasteiger partial charge in [-0.15, -0.1) is 0 Å². The van der Waals surface area contributed by atoms with Crippen molar-refractivity contribution in [2.24, 2.45) is 0 Å². The largest absolute Gasteiger partial charge is 0.374 e. The smallest absolute Gasteiger partial charge is 0.315 e.